The van der Waals surface area contributed by atoms with Crippen LogP contribution in [-0.2, 0) is 6.54 Å². The van der Waals surface area contributed by atoms with Crippen LogP contribution in [0.15, 0.2) is 46.9 Å². The Kier molecular flexibility index (Phi) is 7.13. The molecule has 1 aliphatic rings. The topological polar surface area (TPSA) is 52.7 Å². The van der Waals surface area contributed by atoms with Crippen LogP contribution in [0.3, 0.4) is 0 Å². The standard InChI is InChI=1S/C24H28BrN5OS/c1-16-12-23(30-10-8-29(2)9-11-30)28-21-6-5-19(14-20(16)21)27-24(32)26-15-17-13-18(25)4-7-22(17)31-3/h4-7,12-14H,8-11,15H2,1-3H3,(H2,26,27,32). The Bertz CT molecular complexity index is 1130. The van der Waals surface area contributed by atoms with Crippen LogP contribution in [0.1, 0.15) is 11.1 Å². The molecule has 32 heavy (non-hydrogen) atoms. The van der Waals surface area contributed by atoms with Gasteiger partial charge in [-0.2, -0.15) is 0 Å². The average molecular weight is 514 g/mol. The van der Waals surface area contributed by atoms with Gasteiger partial charge >= 0.3 is 0 Å². The van der Waals surface area contributed by atoms with E-state index in [1.807, 2.05) is 24.3 Å². The summed E-state index contributed by atoms with van der Waals surface area (Å²) in [6.07, 6.45) is 0. The van der Waals surface area contributed by atoms with Gasteiger partial charge in [-0.1, -0.05) is 15.9 Å². The highest BCUT2D eigenvalue weighted by Crippen LogP contribution is 2.26. The molecule has 168 valence electrons. The number of nitrogens with zero attached hydrogens (tertiary/aromatic N) is 3. The number of rotatable bonds is 5. The van der Waals surface area contributed by atoms with Crippen LogP contribution in [0, 0.1) is 6.92 Å². The monoisotopic (exact) mass is 513 g/mol. The maximum Gasteiger partial charge on any atom is 0.171 e. The predicted molar refractivity (Wildman–Crippen MR) is 140 cm³/mol. The number of halogens is 1. The van der Waals surface area contributed by atoms with Gasteiger partial charge in [0, 0.05) is 53.8 Å². The quantitative estimate of drug-likeness (QED) is 0.485. The van der Waals surface area contributed by atoms with E-state index in [0.29, 0.717) is 11.7 Å². The molecule has 2 heterocycles. The van der Waals surface area contributed by atoms with Gasteiger partial charge in [0.2, 0.25) is 0 Å². The Hall–Kier alpha value is -2.42. The number of methoxy groups -OCH3 is 1. The van der Waals surface area contributed by atoms with Gasteiger partial charge in [0.1, 0.15) is 11.6 Å². The van der Waals surface area contributed by atoms with E-state index in [1.54, 1.807) is 7.11 Å². The lowest BCUT2D eigenvalue weighted by Crippen LogP contribution is -2.44. The number of pyridine rings is 1. The second-order valence-electron chi connectivity index (χ2n) is 8.08. The average Bonchev–Trinajstić information content (AvgIpc) is 2.78. The molecule has 1 aromatic heterocycles. The summed E-state index contributed by atoms with van der Waals surface area (Å²) < 4.78 is 6.44. The van der Waals surface area contributed by atoms with Crippen molar-refractivity contribution in [1.82, 2.24) is 15.2 Å². The first-order valence-corrected chi connectivity index (χ1v) is 11.9. The number of nitrogens with one attached hydrogen (secondary N) is 2. The van der Waals surface area contributed by atoms with Crippen molar-refractivity contribution in [2.75, 3.05) is 50.6 Å². The van der Waals surface area contributed by atoms with Gasteiger partial charge in [0.05, 0.1) is 12.6 Å². The Morgan fingerprint density at radius 2 is 1.91 bits per heavy atom. The second kappa shape index (κ2) is 10.0. The molecule has 0 saturated carbocycles. The number of likely N-dealkylation sites (N-methyl/N-ethyl adjacent to an activating group) is 1. The summed E-state index contributed by atoms with van der Waals surface area (Å²) in [6, 6.07) is 14.3. The minimum Gasteiger partial charge on any atom is -0.496 e. The molecule has 3 aromatic rings. The number of anilines is 2. The molecule has 0 atom stereocenters. The number of hydrogen-bond acceptors (Lipinski definition) is 5. The van der Waals surface area contributed by atoms with Crippen molar-refractivity contribution >= 4 is 55.7 Å². The number of hydrogen-bond donors (Lipinski definition) is 2. The van der Waals surface area contributed by atoms with Gasteiger partial charge in [-0.25, -0.2) is 4.98 Å². The highest BCUT2D eigenvalue weighted by molar-refractivity contribution is 9.10. The molecule has 0 spiro atoms. The SMILES string of the molecule is COc1ccc(Br)cc1CNC(=S)Nc1ccc2nc(N3CCN(C)CC3)cc(C)c2c1. The van der Waals surface area contributed by atoms with Gasteiger partial charge in [-0.3, -0.25) is 0 Å². The van der Waals surface area contributed by atoms with Crippen LogP contribution in [0.5, 0.6) is 5.75 Å². The van der Waals surface area contributed by atoms with Crippen molar-refractivity contribution in [3.05, 3.63) is 58.1 Å². The molecule has 1 aliphatic heterocycles. The minimum absolute atomic E-state index is 0.561. The molecule has 0 bridgehead atoms. The van der Waals surface area contributed by atoms with Crippen LogP contribution in [0.2, 0.25) is 0 Å². The van der Waals surface area contributed by atoms with Crippen molar-refractivity contribution in [2.45, 2.75) is 13.5 Å². The first-order valence-electron chi connectivity index (χ1n) is 10.6. The van der Waals surface area contributed by atoms with Crippen molar-refractivity contribution in [2.24, 2.45) is 0 Å². The highest BCUT2D eigenvalue weighted by Gasteiger charge is 2.16. The Morgan fingerprint density at radius 3 is 2.66 bits per heavy atom. The molecular formula is C24H28BrN5OS. The lowest BCUT2D eigenvalue weighted by atomic mass is 10.1. The number of aryl methyl sites for hydroxylation is 1. The Balaban J connectivity index is 1.44. The predicted octanol–water partition coefficient (Wildman–Crippen LogP) is 4.55. The van der Waals surface area contributed by atoms with Gasteiger partial charge in [0.25, 0.3) is 0 Å². The molecule has 0 radical (unpaired) electrons. The van der Waals surface area contributed by atoms with Crippen molar-refractivity contribution < 1.29 is 4.74 Å². The normalized spacial score (nSPS) is 14.4. The van der Waals surface area contributed by atoms with Gasteiger partial charge in [-0.15, -0.1) is 0 Å². The summed E-state index contributed by atoms with van der Waals surface area (Å²) in [7, 11) is 3.84. The number of thiocarbonyl (C=S) groups is 1. The summed E-state index contributed by atoms with van der Waals surface area (Å²) in [5.41, 5.74) is 4.18. The lowest BCUT2D eigenvalue weighted by Gasteiger charge is -2.33. The molecule has 1 fully saturated rings. The minimum atomic E-state index is 0.561. The van der Waals surface area contributed by atoms with Crippen LogP contribution in [0.4, 0.5) is 11.5 Å². The summed E-state index contributed by atoms with van der Waals surface area (Å²) in [6.45, 7) is 6.86. The fraction of sp³-hybridized carbons (Fsp3) is 0.333. The Labute approximate surface area is 203 Å². The molecule has 4 rings (SSSR count). The summed E-state index contributed by atoms with van der Waals surface area (Å²) in [5, 5.41) is 8.24. The largest absolute Gasteiger partial charge is 0.496 e. The number of ether oxygens (including phenoxy) is 1. The third-order valence-corrected chi connectivity index (χ3v) is 6.51. The zero-order chi connectivity index (χ0) is 22.7. The Morgan fingerprint density at radius 1 is 1.12 bits per heavy atom. The summed E-state index contributed by atoms with van der Waals surface area (Å²) >= 11 is 9.02. The van der Waals surface area contributed by atoms with Crippen molar-refractivity contribution in [1.29, 1.82) is 0 Å². The van der Waals surface area contributed by atoms with Crippen molar-refractivity contribution in [3.8, 4) is 5.75 Å². The highest BCUT2D eigenvalue weighted by atomic mass is 79.9. The third-order valence-electron chi connectivity index (χ3n) is 5.77. The van der Waals surface area contributed by atoms with Crippen LogP contribution in [0.25, 0.3) is 10.9 Å². The van der Waals surface area contributed by atoms with E-state index in [9.17, 15) is 0 Å². The van der Waals surface area contributed by atoms with Crippen LogP contribution < -0.4 is 20.3 Å². The number of benzene rings is 2. The maximum atomic E-state index is 5.52. The van der Waals surface area contributed by atoms with Gasteiger partial charge < -0.3 is 25.2 Å². The maximum absolute atomic E-state index is 5.52. The first-order chi connectivity index (χ1) is 15.4. The van der Waals surface area contributed by atoms with E-state index in [0.717, 1.165) is 64.4 Å². The zero-order valence-electron chi connectivity index (χ0n) is 18.6. The molecule has 6 nitrogen and oxygen atoms in total. The molecular weight excluding hydrogens is 486 g/mol. The fourth-order valence-electron chi connectivity index (χ4n) is 3.89. The van der Waals surface area contributed by atoms with E-state index >= 15 is 0 Å². The van der Waals surface area contributed by atoms with Gasteiger partial charge in [0.15, 0.2) is 5.11 Å². The molecule has 1 saturated heterocycles. The summed E-state index contributed by atoms with van der Waals surface area (Å²) in [5.74, 6) is 1.89. The van der Waals surface area contributed by atoms with E-state index in [-0.39, 0.29) is 0 Å². The lowest BCUT2D eigenvalue weighted by molar-refractivity contribution is 0.312. The second-order valence-corrected chi connectivity index (χ2v) is 9.41. The van der Waals surface area contributed by atoms with Gasteiger partial charge in [-0.05, 0) is 74.2 Å². The number of fused-ring (bicyclic) bond motifs is 1. The number of aromatic nitrogens is 1. The van der Waals surface area contributed by atoms with Crippen LogP contribution >= 0.6 is 28.1 Å². The van der Waals surface area contributed by atoms with Crippen molar-refractivity contribution in [3.63, 3.8) is 0 Å². The zero-order valence-corrected chi connectivity index (χ0v) is 21.0. The molecule has 2 aromatic carbocycles. The molecule has 0 amide bonds. The number of piperazine rings is 1. The van der Waals surface area contributed by atoms with E-state index < -0.39 is 0 Å². The smallest absolute Gasteiger partial charge is 0.171 e. The molecule has 0 aliphatic carbocycles. The first kappa shape index (κ1) is 22.8. The summed E-state index contributed by atoms with van der Waals surface area (Å²) in [4.78, 5) is 9.64. The fourth-order valence-corrected chi connectivity index (χ4v) is 4.49. The van der Waals surface area contributed by atoms with E-state index in [4.69, 9.17) is 21.9 Å². The van der Waals surface area contributed by atoms with Crippen LogP contribution in [-0.4, -0.2) is 55.3 Å². The van der Waals surface area contributed by atoms with E-state index in [1.165, 1.54) is 5.56 Å². The molecule has 0 unspecified atom stereocenters. The third kappa shape index (κ3) is 5.31. The van der Waals surface area contributed by atoms with E-state index in [2.05, 4.69) is 68.5 Å². The molecule has 2 N–H and O–H groups in total. The molecule has 8 heteroatoms.